The largest absolute Gasteiger partial charge is 0.392 e. The standard InChI is InChI=1S/C15H22BrNO3S/c1-2-3-12-6-8-17(9-7-12)21(19,20)15-10-13(11-18)4-5-14(15)16/h4-5,10,12,18H,2-3,6-9,11H2,1H3. The van der Waals surface area contributed by atoms with Gasteiger partial charge >= 0.3 is 0 Å². The first-order valence-electron chi connectivity index (χ1n) is 7.38. The number of hydrogen-bond acceptors (Lipinski definition) is 3. The molecular weight excluding hydrogens is 354 g/mol. The Labute approximate surface area is 135 Å². The number of halogens is 1. The zero-order valence-corrected chi connectivity index (χ0v) is 14.7. The predicted molar refractivity (Wildman–Crippen MR) is 86.5 cm³/mol. The van der Waals surface area contributed by atoms with Crippen molar-refractivity contribution in [2.45, 2.75) is 44.1 Å². The van der Waals surface area contributed by atoms with Gasteiger partial charge in [0.1, 0.15) is 0 Å². The van der Waals surface area contributed by atoms with E-state index in [1.807, 2.05) is 0 Å². The number of sulfonamides is 1. The number of rotatable bonds is 5. The van der Waals surface area contributed by atoms with Crippen LogP contribution in [-0.2, 0) is 16.6 Å². The van der Waals surface area contributed by atoms with Gasteiger partial charge in [0.2, 0.25) is 10.0 Å². The second-order valence-corrected chi connectivity index (χ2v) is 8.32. The summed E-state index contributed by atoms with van der Waals surface area (Å²) >= 11 is 3.31. The van der Waals surface area contributed by atoms with Gasteiger partial charge in [0.05, 0.1) is 11.5 Å². The van der Waals surface area contributed by atoms with Crippen molar-refractivity contribution >= 4 is 26.0 Å². The summed E-state index contributed by atoms with van der Waals surface area (Å²) in [6.07, 6.45) is 4.20. The molecule has 21 heavy (non-hydrogen) atoms. The Morgan fingerprint density at radius 3 is 2.57 bits per heavy atom. The first kappa shape index (κ1) is 16.9. The lowest BCUT2D eigenvalue weighted by molar-refractivity contribution is 0.262. The van der Waals surface area contributed by atoms with Gasteiger partial charge in [-0.05, 0) is 52.4 Å². The Morgan fingerprint density at radius 1 is 1.33 bits per heavy atom. The summed E-state index contributed by atoms with van der Waals surface area (Å²) in [5.41, 5.74) is 0.609. The van der Waals surface area contributed by atoms with Crippen molar-refractivity contribution < 1.29 is 13.5 Å². The monoisotopic (exact) mass is 375 g/mol. The molecule has 118 valence electrons. The number of hydrogen-bond donors (Lipinski definition) is 1. The van der Waals surface area contributed by atoms with E-state index in [9.17, 15) is 13.5 Å². The Bertz CT molecular complexity index is 581. The van der Waals surface area contributed by atoms with E-state index in [2.05, 4.69) is 22.9 Å². The maximum absolute atomic E-state index is 12.8. The molecule has 1 fully saturated rings. The van der Waals surface area contributed by atoms with E-state index in [0.717, 1.165) is 19.3 Å². The second-order valence-electron chi connectivity index (χ2n) is 5.56. The highest BCUT2D eigenvalue weighted by atomic mass is 79.9. The van der Waals surface area contributed by atoms with Crippen molar-refractivity contribution in [2.24, 2.45) is 5.92 Å². The van der Waals surface area contributed by atoms with E-state index in [4.69, 9.17) is 0 Å². The fraction of sp³-hybridized carbons (Fsp3) is 0.600. The highest BCUT2D eigenvalue weighted by Gasteiger charge is 2.30. The van der Waals surface area contributed by atoms with Crippen molar-refractivity contribution in [2.75, 3.05) is 13.1 Å². The highest BCUT2D eigenvalue weighted by Crippen LogP contribution is 2.30. The fourth-order valence-electron chi connectivity index (χ4n) is 2.83. The second kappa shape index (κ2) is 7.22. The van der Waals surface area contributed by atoms with Gasteiger partial charge in [0, 0.05) is 17.6 Å². The SMILES string of the molecule is CCCC1CCN(S(=O)(=O)c2cc(CO)ccc2Br)CC1. The van der Waals surface area contributed by atoms with Crippen molar-refractivity contribution in [3.63, 3.8) is 0 Å². The van der Waals surface area contributed by atoms with Gasteiger partial charge in [-0.15, -0.1) is 0 Å². The van der Waals surface area contributed by atoms with Crippen molar-refractivity contribution in [3.8, 4) is 0 Å². The van der Waals surface area contributed by atoms with Gasteiger partial charge in [-0.2, -0.15) is 4.31 Å². The molecule has 4 nitrogen and oxygen atoms in total. The van der Waals surface area contributed by atoms with Crippen LogP contribution in [0.2, 0.25) is 0 Å². The number of aliphatic hydroxyl groups is 1. The molecule has 1 aromatic rings. The zero-order chi connectivity index (χ0) is 15.5. The number of aliphatic hydroxyl groups excluding tert-OH is 1. The normalized spacial score (nSPS) is 18.0. The molecule has 0 aromatic heterocycles. The molecule has 1 aliphatic heterocycles. The lowest BCUT2D eigenvalue weighted by Gasteiger charge is -2.31. The molecule has 1 aromatic carbocycles. The molecule has 0 radical (unpaired) electrons. The summed E-state index contributed by atoms with van der Waals surface area (Å²) in [4.78, 5) is 0.253. The van der Waals surface area contributed by atoms with E-state index in [-0.39, 0.29) is 11.5 Å². The maximum atomic E-state index is 12.8. The van der Waals surface area contributed by atoms with E-state index < -0.39 is 10.0 Å². The molecule has 6 heteroatoms. The Kier molecular flexibility index (Phi) is 5.82. The molecule has 0 bridgehead atoms. The van der Waals surface area contributed by atoms with Gasteiger partial charge in [-0.1, -0.05) is 25.8 Å². The van der Waals surface area contributed by atoms with Crippen LogP contribution in [0.3, 0.4) is 0 Å². The average Bonchev–Trinajstić information content (AvgIpc) is 2.48. The number of benzene rings is 1. The van der Waals surface area contributed by atoms with Crippen LogP contribution < -0.4 is 0 Å². The molecule has 1 aliphatic rings. The van der Waals surface area contributed by atoms with E-state index in [1.54, 1.807) is 22.5 Å². The first-order chi connectivity index (χ1) is 9.98. The Hall–Kier alpha value is -0.430. The highest BCUT2D eigenvalue weighted by molar-refractivity contribution is 9.10. The predicted octanol–water partition coefficient (Wildman–Crippen LogP) is 3.14. The fourth-order valence-corrected chi connectivity index (χ4v) is 5.27. The lowest BCUT2D eigenvalue weighted by atomic mass is 9.94. The van der Waals surface area contributed by atoms with Crippen molar-refractivity contribution in [3.05, 3.63) is 28.2 Å². The van der Waals surface area contributed by atoms with Gasteiger partial charge in [0.25, 0.3) is 0 Å². The van der Waals surface area contributed by atoms with Crippen molar-refractivity contribution in [1.82, 2.24) is 4.31 Å². The van der Waals surface area contributed by atoms with Crippen LogP contribution in [-0.4, -0.2) is 30.9 Å². The third-order valence-electron chi connectivity index (χ3n) is 4.07. The summed E-state index contributed by atoms with van der Waals surface area (Å²) in [5, 5.41) is 9.20. The van der Waals surface area contributed by atoms with Gasteiger partial charge in [-0.3, -0.25) is 0 Å². The minimum Gasteiger partial charge on any atom is -0.392 e. The molecule has 0 unspecified atom stereocenters. The van der Waals surface area contributed by atoms with Crippen molar-refractivity contribution in [1.29, 1.82) is 0 Å². The van der Waals surface area contributed by atoms with Crippen LogP contribution in [0.5, 0.6) is 0 Å². The van der Waals surface area contributed by atoms with Gasteiger partial charge in [-0.25, -0.2) is 8.42 Å². The van der Waals surface area contributed by atoms with Crippen LogP contribution in [0.1, 0.15) is 38.2 Å². The summed E-state index contributed by atoms with van der Waals surface area (Å²) in [6.45, 7) is 3.18. The summed E-state index contributed by atoms with van der Waals surface area (Å²) in [5.74, 6) is 0.647. The molecule has 2 rings (SSSR count). The zero-order valence-electron chi connectivity index (χ0n) is 12.3. The molecule has 0 amide bonds. The average molecular weight is 376 g/mol. The third kappa shape index (κ3) is 3.86. The molecule has 1 saturated heterocycles. The molecule has 1 N–H and O–H groups in total. The summed E-state index contributed by atoms with van der Waals surface area (Å²) in [6, 6.07) is 4.95. The van der Waals surface area contributed by atoms with Gasteiger partial charge in [0.15, 0.2) is 0 Å². The Morgan fingerprint density at radius 2 is 2.00 bits per heavy atom. The van der Waals surface area contributed by atoms with Crippen LogP contribution in [0.4, 0.5) is 0 Å². The quantitative estimate of drug-likeness (QED) is 0.859. The number of nitrogens with zero attached hydrogens (tertiary/aromatic N) is 1. The molecular formula is C15H22BrNO3S. The third-order valence-corrected chi connectivity index (χ3v) is 6.96. The first-order valence-corrected chi connectivity index (χ1v) is 9.61. The van der Waals surface area contributed by atoms with E-state index in [1.165, 1.54) is 6.42 Å². The smallest absolute Gasteiger partial charge is 0.244 e. The van der Waals surface area contributed by atoms with Crippen LogP contribution in [0.15, 0.2) is 27.6 Å². The molecule has 0 atom stereocenters. The molecule has 0 spiro atoms. The van der Waals surface area contributed by atoms with E-state index in [0.29, 0.717) is 29.0 Å². The Balaban J connectivity index is 2.19. The van der Waals surface area contributed by atoms with E-state index >= 15 is 0 Å². The molecule has 0 saturated carbocycles. The topological polar surface area (TPSA) is 57.6 Å². The van der Waals surface area contributed by atoms with Crippen LogP contribution in [0, 0.1) is 5.92 Å². The minimum absolute atomic E-state index is 0.158. The summed E-state index contributed by atoms with van der Waals surface area (Å²) < 4.78 is 27.6. The summed E-state index contributed by atoms with van der Waals surface area (Å²) in [7, 11) is -3.49. The van der Waals surface area contributed by atoms with Crippen LogP contribution >= 0.6 is 15.9 Å². The van der Waals surface area contributed by atoms with Gasteiger partial charge < -0.3 is 5.11 Å². The number of piperidine rings is 1. The molecule has 0 aliphatic carbocycles. The lowest BCUT2D eigenvalue weighted by Crippen LogP contribution is -2.38. The molecule has 1 heterocycles. The minimum atomic E-state index is -3.49. The van der Waals surface area contributed by atoms with Crippen LogP contribution in [0.25, 0.3) is 0 Å². The maximum Gasteiger partial charge on any atom is 0.244 e.